The number of halogens is 1. The van der Waals surface area contributed by atoms with Crippen molar-refractivity contribution in [3.8, 4) is 0 Å². The molecule has 2 aromatic rings. The van der Waals surface area contributed by atoms with Gasteiger partial charge in [0.15, 0.2) is 0 Å². The molecule has 0 spiro atoms. The Morgan fingerprint density at radius 3 is 2.17 bits per heavy atom. The Balaban J connectivity index is 1.85. The van der Waals surface area contributed by atoms with Crippen LogP contribution in [0.3, 0.4) is 0 Å². The zero-order valence-electron chi connectivity index (χ0n) is 14.9. The fourth-order valence-corrected chi connectivity index (χ4v) is 2.58. The van der Waals surface area contributed by atoms with Crippen LogP contribution < -0.4 is 5.32 Å². The smallest absolute Gasteiger partial charge is 0.220 e. The number of rotatable bonds is 5. The minimum Gasteiger partial charge on any atom is -0.350 e. The van der Waals surface area contributed by atoms with Gasteiger partial charge in [0, 0.05) is 6.42 Å². The second kappa shape index (κ2) is 7.61. The number of aryl methyl sites for hydroxylation is 1. The van der Waals surface area contributed by atoms with E-state index in [2.05, 4.69) is 50.4 Å². The van der Waals surface area contributed by atoms with E-state index in [1.54, 1.807) is 12.1 Å². The van der Waals surface area contributed by atoms with E-state index in [1.807, 2.05) is 6.92 Å². The quantitative estimate of drug-likeness (QED) is 0.828. The molecule has 3 heteroatoms. The lowest BCUT2D eigenvalue weighted by atomic mass is 9.86. The summed E-state index contributed by atoms with van der Waals surface area (Å²) in [6.45, 7) is 8.47. The third-order valence-electron chi connectivity index (χ3n) is 4.21. The van der Waals surface area contributed by atoms with Crippen LogP contribution in [0.25, 0.3) is 0 Å². The van der Waals surface area contributed by atoms with Crippen molar-refractivity contribution in [2.75, 3.05) is 0 Å². The molecule has 2 aromatic carbocycles. The van der Waals surface area contributed by atoms with Gasteiger partial charge in [-0.05, 0) is 47.6 Å². The SMILES string of the molecule is C[C@@H](NC(=O)CCc1ccc(C(C)(C)C)cc1)c1ccc(F)cc1. The summed E-state index contributed by atoms with van der Waals surface area (Å²) in [6.07, 6.45) is 1.16. The lowest BCUT2D eigenvalue weighted by molar-refractivity contribution is -0.121. The maximum Gasteiger partial charge on any atom is 0.220 e. The highest BCUT2D eigenvalue weighted by atomic mass is 19.1. The summed E-state index contributed by atoms with van der Waals surface area (Å²) >= 11 is 0. The van der Waals surface area contributed by atoms with E-state index in [1.165, 1.54) is 17.7 Å². The van der Waals surface area contributed by atoms with Crippen molar-refractivity contribution < 1.29 is 9.18 Å². The van der Waals surface area contributed by atoms with Crippen molar-refractivity contribution in [3.63, 3.8) is 0 Å². The number of hydrogen-bond acceptors (Lipinski definition) is 1. The number of benzene rings is 2. The average molecular weight is 327 g/mol. The highest BCUT2D eigenvalue weighted by Gasteiger charge is 2.13. The van der Waals surface area contributed by atoms with Crippen molar-refractivity contribution in [1.29, 1.82) is 0 Å². The topological polar surface area (TPSA) is 29.1 Å². The van der Waals surface area contributed by atoms with Crippen molar-refractivity contribution in [3.05, 3.63) is 71.0 Å². The van der Waals surface area contributed by atoms with Crippen LogP contribution >= 0.6 is 0 Å². The first-order chi connectivity index (χ1) is 11.3. The van der Waals surface area contributed by atoms with E-state index in [-0.39, 0.29) is 23.2 Å². The molecule has 0 fully saturated rings. The molecule has 1 amide bonds. The van der Waals surface area contributed by atoms with Crippen molar-refractivity contribution >= 4 is 5.91 Å². The minimum absolute atomic E-state index is 0.00622. The predicted octanol–water partition coefficient (Wildman–Crippen LogP) is 4.93. The molecule has 0 saturated carbocycles. The van der Waals surface area contributed by atoms with Gasteiger partial charge >= 0.3 is 0 Å². The maximum absolute atomic E-state index is 12.9. The number of hydrogen-bond donors (Lipinski definition) is 1. The normalized spacial score (nSPS) is 12.7. The van der Waals surface area contributed by atoms with Crippen LogP contribution in [0.2, 0.25) is 0 Å². The van der Waals surface area contributed by atoms with Crippen LogP contribution in [0.4, 0.5) is 4.39 Å². The molecule has 0 aliphatic rings. The summed E-state index contributed by atoms with van der Waals surface area (Å²) in [7, 11) is 0. The van der Waals surface area contributed by atoms with Gasteiger partial charge in [-0.15, -0.1) is 0 Å². The summed E-state index contributed by atoms with van der Waals surface area (Å²) in [6, 6.07) is 14.6. The summed E-state index contributed by atoms with van der Waals surface area (Å²) in [5.41, 5.74) is 3.49. The van der Waals surface area contributed by atoms with Gasteiger partial charge in [-0.2, -0.15) is 0 Å². The number of amides is 1. The standard InChI is InChI=1S/C21H26FNO/c1-15(17-8-12-19(22)13-9-17)23-20(24)14-7-16-5-10-18(11-6-16)21(2,3)4/h5-6,8-13,15H,7,14H2,1-4H3,(H,23,24)/t15-/m1/s1. The molecule has 128 valence electrons. The van der Waals surface area contributed by atoms with Gasteiger partial charge in [0.25, 0.3) is 0 Å². The van der Waals surface area contributed by atoms with E-state index in [0.717, 1.165) is 11.1 Å². The minimum atomic E-state index is -0.268. The van der Waals surface area contributed by atoms with Gasteiger partial charge < -0.3 is 5.32 Å². The molecular weight excluding hydrogens is 301 g/mol. The summed E-state index contributed by atoms with van der Waals surface area (Å²) < 4.78 is 12.9. The molecular formula is C21H26FNO. The van der Waals surface area contributed by atoms with Crippen LogP contribution in [-0.4, -0.2) is 5.91 Å². The molecule has 0 bridgehead atoms. The van der Waals surface area contributed by atoms with Gasteiger partial charge in [-0.25, -0.2) is 4.39 Å². The molecule has 0 aliphatic heterocycles. The Labute approximate surface area is 144 Å². The monoisotopic (exact) mass is 327 g/mol. The van der Waals surface area contributed by atoms with Crippen LogP contribution in [0.15, 0.2) is 48.5 Å². The summed E-state index contributed by atoms with van der Waals surface area (Å²) in [5, 5.41) is 2.96. The fraction of sp³-hybridized carbons (Fsp3) is 0.381. The zero-order chi connectivity index (χ0) is 17.7. The van der Waals surface area contributed by atoms with Gasteiger partial charge in [-0.1, -0.05) is 57.2 Å². The molecule has 1 atom stereocenters. The van der Waals surface area contributed by atoms with E-state index < -0.39 is 0 Å². The largest absolute Gasteiger partial charge is 0.350 e. The third kappa shape index (κ3) is 5.19. The van der Waals surface area contributed by atoms with Crippen molar-refractivity contribution in [2.24, 2.45) is 0 Å². The Hall–Kier alpha value is -2.16. The van der Waals surface area contributed by atoms with Crippen molar-refractivity contribution in [1.82, 2.24) is 5.32 Å². The average Bonchev–Trinajstić information content (AvgIpc) is 2.53. The Morgan fingerprint density at radius 2 is 1.62 bits per heavy atom. The molecule has 0 aliphatic carbocycles. The molecule has 2 nitrogen and oxygen atoms in total. The number of carbonyl (C=O) groups is 1. The van der Waals surface area contributed by atoms with Gasteiger partial charge in [0.05, 0.1) is 6.04 Å². The van der Waals surface area contributed by atoms with Crippen LogP contribution in [0, 0.1) is 5.82 Å². The van der Waals surface area contributed by atoms with Gasteiger partial charge in [0.1, 0.15) is 5.82 Å². The Kier molecular flexibility index (Phi) is 5.76. The predicted molar refractivity (Wildman–Crippen MR) is 96.4 cm³/mol. The fourth-order valence-electron chi connectivity index (χ4n) is 2.58. The zero-order valence-corrected chi connectivity index (χ0v) is 14.9. The third-order valence-corrected chi connectivity index (χ3v) is 4.21. The van der Waals surface area contributed by atoms with Crippen molar-refractivity contribution in [2.45, 2.75) is 52.0 Å². The highest BCUT2D eigenvalue weighted by Crippen LogP contribution is 2.22. The Bertz CT molecular complexity index is 668. The summed E-state index contributed by atoms with van der Waals surface area (Å²) in [4.78, 5) is 12.1. The first-order valence-electron chi connectivity index (χ1n) is 8.40. The van der Waals surface area contributed by atoms with Gasteiger partial charge in [0.2, 0.25) is 5.91 Å². The lowest BCUT2D eigenvalue weighted by Gasteiger charge is -2.19. The van der Waals surface area contributed by atoms with E-state index in [4.69, 9.17) is 0 Å². The molecule has 0 unspecified atom stereocenters. The number of nitrogens with one attached hydrogen (secondary N) is 1. The van der Waals surface area contributed by atoms with Crippen LogP contribution in [0.5, 0.6) is 0 Å². The number of carbonyl (C=O) groups excluding carboxylic acids is 1. The van der Waals surface area contributed by atoms with E-state index >= 15 is 0 Å². The molecule has 2 rings (SSSR count). The van der Waals surface area contributed by atoms with Crippen LogP contribution in [-0.2, 0) is 16.6 Å². The molecule has 0 heterocycles. The molecule has 0 radical (unpaired) electrons. The molecule has 1 N–H and O–H groups in total. The van der Waals surface area contributed by atoms with Crippen LogP contribution in [0.1, 0.15) is 56.8 Å². The summed E-state index contributed by atoms with van der Waals surface area (Å²) in [5.74, 6) is -0.261. The van der Waals surface area contributed by atoms with E-state index in [9.17, 15) is 9.18 Å². The second-order valence-corrected chi connectivity index (χ2v) is 7.29. The van der Waals surface area contributed by atoms with E-state index in [0.29, 0.717) is 12.8 Å². The second-order valence-electron chi connectivity index (χ2n) is 7.29. The molecule has 0 saturated heterocycles. The van der Waals surface area contributed by atoms with Gasteiger partial charge in [-0.3, -0.25) is 4.79 Å². The Morgan fingerprint density at radius 1 is 1.04 bits per heavy atom. The highest BCUT2D eigenvalue weighted by molar-refractivity contribution is 5.76. The first kappa shape index (κ1) is 18.2. The lowest BCUT2D eigenvalue weighted by Crippen LogP contribution is -2.26. The molecule has 0 aromatic heterocycles. The first-order valence-corrected chi connectivity index (χ1v) is 8.40. The molecule has 24 heavy (non-hydrogen) atoms. The maximum atomic E-state index is 12.9.